The average Bonchev–Trinajstić information content (AvgIpc) is 2.40. The van der Waals surface area contributed by atoms with Crippen molar-refractivity contribution in [1.29, 1.82) is 0 Å². The first-order valence-electron chi connectivity index (χ1n) is 7.39. The van der Waals surface area contributed by atoms with Gasteiger partial charge in [0.1, 0.15) is 5.75 Å². The number of nitrogens with zero attached hydrogens (tertiary/aromatic N) is 1. The molecule has 19 heavy (non-hydrogen) atoms. The number of anilines is 1. The van der Waals surface area contributed by atoms with Crippen molar-refractivity contribution >= 4 is 5.69 Å². The maximum Gasteiger partial charge on any atom is 0.141 e. The molecule has 0 saturated carbocycles. The molecule has 2 fully saturated rings. The third kappa shape index (κ3) is 2.57. The molecule has 3 atom stereocenters. The minimum atomic E-state index is 0.586. The van der Waals surface area contributed by atoms with E-state index in [0.717, 1.165) is 23.5 Å². The molecule has 2 unspecified atom stereocenters. The predicted octanol–water partition coefficient (Wildman–Crippen LogP) is 3.12. The second kappa shape index (κ2) is 5.41. The standard InChI is InChI=1S/C16H24N2O/c1-18-13-6-5-7-14(18)11-12(10-13)17-15-8-3-4-9-16(15)19-2/h3-4,8-9,12-14,17H,5-7,10-11H2,1-2H3/t12?,13-,14?/m1/s1. The number of ether oxygens (including phenoxy) is 1. The topological polar surface area (TPSA) is 24.5 Å². The molecule has 104 valence electrons. The van der Waals surface area contributed by atoms with Crippen LogP contribution >= 0.6 is 0 Å². The molecular weight excluding hydrogens is 236 g/mol. The van der Waals surface area contributed by atoms with E-state index in [2.05, 4.69) is 29.4 Å². The zero-order valence-electron chi connectivity index (χ0n) is 11.9. The van der Waals surface area contributed by atoms with Crippen LogP contribution in [0.4, 0.5) is 5.69 Å². The van der Waals surface area contributed by atoms with Crippen LogP contribution in [0.15, 0.2) is 24.3 Å². The van der Waals surface area contributed by atoms with E-state index in [1.807, 2.05) is 12.1 Å². The van der Waals surface area contributed by atoms with E-state index in [0.29, 0.717) is 6.04 Å². The lowest BCUT2D eigenvalue weighted by molar-refractivity contribution is 0.0608. The number of piperidine rings is 2. The Bertz CT molecular complexity index is 421. The van der Waals surface area contributed by atoms with Crippen LogP contribution < -0.4 is 10.1 Å². The first-order valence-corrected chi connectivity index (χ1v) is 7.39. The molecule has 0 radical (unpaired) electrons. The molecule has 2 bridgehead atoms. The molecule has 0 aliphatic carbocycles. The fourth-order valence-corrected chi connectivity index (χ4v) is 3.72. The summed E-state index contributed by atoms with van der Waals surface area (Å²) in [4.78, 5) is 2.60. The minimum Gasteiger partial charge on any atom is -0.495 e. The second-order valence-corrected chi connectivity index (χ2v) is 5.92. The van der Waals surface area contributed by atoms with Gasteiger partial charge >= 0.3 is 0 Å². The molecule has 1 aromatic carbocycles. The smallest absolute Gasteiger partial charge is 0.141 e. The van der Waals surface area contributed by atoms with Crippen LogP contribution in [-0.4, -0.2) is 37.2 Å². The van der Waals surface area contributed by atoms with Crippen LogP contribution in [0.3, 0.4) is 0 Å². The molecule has 3 nitrogen and oxygen atoms in total. The largest absolute Gasteiger partial charge is 0.495 e. The Morgan fingerprint density at radius 1 is 1.16 bits per heavy atom. The summed E-state index contributed by atoms with van der Waals surface area (Å²) in [6.45, 7) is 0. The summed E-state index contributed by atoms with van der Waals surface area (Å²) in [7, 11) is 4.04. The Morgan fingerprint density at radius 3 is 2.53 bits per heavy atom. The summed E-state index contributed by atoms with van der Waals surface area (Å²) >= 11 is 0. The molecule has 1 N–H and O–H groups in total. The number of hydrogen-bond donors (Lipinski definition) is 1. The summed E-state index contributed by atoms with van der Waals surface area (Å²) in [5, 5.41) is 3.70. The van der Waals surface area contributed by atoms with E-state index in [1.165, 1.54) is 32.1 Å². The minimum absolute atomic E-state index is 0.586. The van der Waals surface area contributed by atoms with Gasteiger partial charge in [-0.05, 0) is 44.9 Å². The van der Waals surface area contributed by atoms with E-state index in [4.69, 9.17) is 4.74 Å². The van der Waals surface area contributed by atoms with E-state index in [1.54, 1.807) is 7.11 Å². The van der Waals surface area contributed by atoms with Crippen molar-refractivity contribution in [3.63, 3.8) is 0 Å². The highest BCUT2D eigenvalue weighted by molar-refractivity contribution is 5.56. The number of methoxy groups -OCH3 is 1. The van der Waals surface area contributed by atoms with Gasteiger partial charge in [-0.2, -0.15) is 0 Å². The van der Waals surface area contributed by atoms with Crippen molar-refractivity contribution in [2.75, 3.05) is 19.5 Å². The number of para-hydroxylation sites is 2. The first kappa shape index (κ1) is 12.8. The zero-order valence-corrected chi connectivity index (χ0v) is 11.9. The maximum absolute atomic E-state index is 5.43. The molecule has 2 aliphatic rings. The van der Waals surface area contributed by atoms with E-state index in [-0.39, 0.29) is 0 Å². The van der Waals surface area contributed by atoms with Crippen molar-refractivity contribution in [2.24, 2.45) is 0 Å². The molecule has 1 aromatic rings. The fraction of sp³-hybridized carbons (Fsp3) is 0.625. The summed E-state index contributed by atoms with van der Waals surface area (Å²) < 4.78 is 5.43. The fourth-order valence-electron chi connectivity index (χ4n) is 3.72. The Hall–Kier alpha value is -1.22. The van der Waals surface area contributed by atoms with Gasteiger partial charge in [-0.15, -0.1) is 0 Å². The molecule has 3 rings (SSSR count). The Morgan fingerprint density at radius 2 is 1.84 bits per heavy atom. The summed E-state index contributed by atoms with van der Waals surface area (Å²) in [6, 6.07) is 10.3. The van der Waals surface area contributed by atoms with Crippen molar-refractivity contribution in [3.05, 3.63) is 24.3 Å². The molecule has 2 heterocycles. The number of hydrogen-bond acceptors (Lipinski definition) is 3. The van der Waals surface area contributed by atoms with Crippen LogP contribution in [-0.2, 0) is 0 Å². The Balaban J connectivity index is 1.70. The van der Waals surface area contributed by atoms with Gasteiger partial charge in [-0.1, -0.05) is 18.6 Å². The lowest BCUT2D eigenvalue weighted by Gasteiger charge is -2.47. The predicted molar refractivity (Wildman–Crippen MR) is 78.8 cm³/mol. The van der Waals surface area contributed by atoms with Gasteiger partial charge < -0.3 is 15.0 Å². The number of fused-ring (bicyclic) bond motifs is 2. The highest BCUT2D eigenvalue weighted by Crippen LogP contribution is 2.35. The van der Waals surface area contributed by atoms with Crippen LogP contribution in [0, 0.1) is 0 Å². The lowest BCUT2D eigenvalue weighted by Crippen LogP contribution is -2.52. The monoisotopic (exact) mass is 260 g/mol. The highest BCUT2D eigenvalue weighted by atomic mass is 16.5. The molecule has 0 aromatic heterocycles. The first-order chi connectivity index (χ1) is 9.28. The van der Waals surface area contributed by atoms with Crippen LogP contribution in [0.25, 0.3) is 0 Å². The average molecular weight is 260 g/mol. The Kier molecular flexibility index (Phi) is 3.65. The molecule has 2 aliphatic heterocycles. The molecular formula is C16H24N2O. The van der Waals surface area contributed by atoms with Crippen molar-refractivity contribution < 1.29 is 4.74 Å². The lowest BCUT2D eigenvalue weighted by atomic mass is 9.82. The third-order valence-corrected chi connectivity index (χ3v) is 4.81. The molecule has 2 saturated heterocycles. The number of benzene rings is 1. The normalized spacial score (nSPS) is 30.9. The Labute approximate surface area is 115 Å². The number of nitrogens with one attached hydrogen (secondary N) is 1. The number of rotatable bonds is 3. The zero-order chi connectivity index (χ0) is 13.2. The maximum atomic E-state index is 5.43. The van der Waals surface area contributed by atoms with Gasteiger partial charge in [0.15, 0.2) is 0 Å². The summed E-state index contributed by atoms with van der Waals surface area (Å²) in [6.07, 6.45) is 6.63. The van der Waals surface area contributed by atoms with Crippen molar-refractivity contribution in [1.82, 2.24) is 4.90 Å². The van der Waals surface area contributed by atoms with E-state index in [9.17, 15) is 0 Å². The van der Waals surface area contributed by atoms with Gasteiger partial charge in [0.25, 0.3) is 0 Å². The summed E-state index contributed by atoms with van der Waals surface area (Å²) in [5.41, 5.74) is 1.14. The third-order valence-electron chi connectivity index (χ3n) is 4.81. The molecule has 0 amide bonds. The van der Waals surface area contributed by atoms with Crippen molar-refractivity contribution in [3.8, 4) is 5.75 Å². The highest BCUT2D eigenvalue weighted by Gasteiger charge is 2.35. The van der Waals surface area contributed by atoms with Crippen molar-refractivity contribution in [2.45, 2.75) is 50.2 Å². The SMILES string of the molecule is COc1ccccc1NC1CC2CCC[C@H](C1)N2C. The van der Waals surface area contributed by atoms with Gasteiger partial charge in [0.05, 0.1) is 12.8 Å². The quantitative estimate of drug-likeness (QED) is 0.903. The van der Waals surface area contributed by atoms with Gasteiger partial charge in [0, 0.05) is 18.1 Å². The van der Waals surface area contributed by atoms with Gasteiger partial charge in [0.2, 0.25) is 0 Å². The van der Waals surface area contributed by atoms with E-state index >= 15 is 0 Å². The second-order valence-electron chi connectivity index (χ2n) is 5.92. The molecule has 0 spiro atoms. The van der Waals surface area contributed by atoms with Crippen LogP contribution in [0.5, 0.6) is 5.75 Å². The van der Waals surface area contributed by atoms with E-state index < -0.39 is 0 Å². The van der Waals surface area contributed by atoms with Gasteiger partial charge in [-0.25, -0.2) is 0 Å². The van der Waals surface area contributed by atoms with Crippen LogP contribution in [0.2, 0.25) is 0 Å². The summed E-state index contributed by atoms with van der Waals surface area (Å²) in [5.74, 6) is 0.951. The molecule has 3 heteroatoms. The van der Waals surface area contributed by atoms with Gasteiger partial charge in [-0.3, -0.25) is 0 Å². The van der Waals surface area contributed by atoms with Crippen LogP contribution in [0.1, 0.15) is 32.1 Å².